The van der Waals surface area contributed by atoms with Crippen molar-refractivity contribution in [2.24, 2.45) is 0 Å². The lowest BCUT2D eigenvalue weighted by Gasteiger charge is -2.29. The van der Waals surface area contributed by atoms with Gasteiger partial charge < -0.3 is 14.0 Å². The summed E-state index contributed by atoms with van der Waals surface area (Å²) in [6.45, 7) is 9.68. The molecular weight excluding hydrogens is 907 g/mol. The van der Waals surface area contributed by atoms with Gasteiger partial charge >= 0.3 is 0 Å². The summed E-state index contributed by atoms with van der Waals surface area (Å²) in [6.07, 6.45) is 0. The molecule has 0 aliphatic heterocycles. The van der Waals surface area contributed by atoms with Crippen LogP contribution in [0.1, 0.15) is 49.9 Å². The number of fused-ring (bicyclic) bond motifs is 12. The van der Waals surface area contributed by atoms with Gasteiger partial charge in [0, 0.05) is 43.7 Å². The molecule has 2 aliphatic carbocycles. The molecule has 0 atom stereocenters. The Bertz CT molecular complexity index is 4220. The zero-order valence-electron chi connectivity index (χ0n) is 42.5. The number of anilines is 3. The van der Waals surface area contributed by atoms with Crippen molar-refractivity contribution in [2.45, 2.75) is 38.5 Å². The molecule has 0 saturated carbocycles. The molecule has 75 heavy (non-hydrogen) atoms. The molecule has 0 saturated heterocycles. The van der Waals surface area contributed by atoms with Crippen LogP contribution in [-0.4, -0.2) is 9.13 Å². The average molecular weight is 960 g/mol. The van der Waals surface area contributed by atoms with Crippen LogP contribution in [0.4, 0.5) is 17.1 Å². The highest BCUT2D eigenvalue weighted by Crippen LogP contribution is 2.58. The molecule has 0 bridgehead atoms. The lowest BCUT2D eigenvalue weighted by molar-refractivity contribution is 0.652. The first-order valence-electron chi connectivity index (χ1n) is 26.3. The maximum atomic E-state index is 2.55. The molecule has 15 rings (SSSR count). The molecular formula is C72H53N3. The van der Waals surface area contributed by atoms with Gasteiger partial charge in [0.05, 0.1) is 39.1 Å². The Morgan fingerprint density at radius 1 is 0.280 bits per heavy atom. The monoisotopic (exact) mass is 959 g/mol. The number of hydrogen-bond donors (Lipinski definition) is 0. The maximum absolute atomic E-state index is 2.55. The minimum absolute atomic E-state index is 0.157. The minimum Gasteiger partial charge on any atom is -0.310 e. The van der Waals surface area contributed by atoms with E-state index in [0.717, 1.165) is 28.4 Å². The van der Waals surface area contributed by atoms with Gasteiger partial charge in [-0.1, -0.05) is 198 Å². The molecule has 0 fully saturated rings. The van der Waals surface area contributed by atoms with Gasteiger partial charge in [0.2, 0.25) is 0 Å². The van der Waals surface area contributed by atoms with Crippen molar-refractivity contribution >= 4 is 60.7 Å². The molecule has 356 valence electrons. The van der Waals surface area contributed by atoms with E-state index < -0.39 is 0 Å². The van der Waals surface area contributed by atoms with Gasteiger partial charge in [0.1, 0.15) is 0 Å². The maximum Gasteiger partial charge on any atom is 0.0541 e. The topological polar surface area (TPSA) is 13.1 Å². The highest BCUT2D eigenvalue weighted by molar-refractivity contribution is 6.11. The summed E-state index contributed by atoms with van der Waals surface area (Å²) >= 11 is 0. The molecule has 3 heteroatoms. The second kappa shape index (κ2) is 16.2. The van der Waals surface area contributed by atoms with E-state index >= 15 is 0 Å². The largest absolute Gasteiger partial charge is 0.310 e. The molecule has 11 aromatic carbocycles. The van der Waals surface area contributed by atoms with Gasteiger partial charge in [-0.2, -0.15) is 0 Å². The van der Waals surface area contributed by atoms with Crippen LogP contribution in [0.3, 0.4) is 0 Å². The van der Waals surface area contributed by atoms with Crippen molar-refractivity contribution in [3.8, 4) is 55.9 Å². The van der Waals surface area contributed by atoms with Crippen molar-refractivity contribution in [1.82, 2.24) is 9.13 Å². The minimum atomic E-state index is -0.286. The van der Waals surface area contributed by atoms with Crippen molar-refractivity contribution in [3.63, 3.8) is 0 Å². The van der Waals surface area contributed by atoms with Crippen LogP contribution in [0, 0.1) is 0 Å². The van der Waals surface area contributed by atoms with Crippen LogP contribution in [-0.2, 0) is 10.8 Å². The van der Waals surface area contributed by atoms with E-state index in [9.17, 15) is 0 Å². The Hall–Kier alpha value is -9.18. The van der Waals surface area contributed by atoms with E-state index in [1.807, 2.05) is 0 Å². The third-order valence-electron chi connectivity index (χ3n) is 16.9. The number of rotatable bonds is 7. The van der Waals surface area contributed by atoms with Crippen LogP contribution >= 0.6 is 0 Å². The quantitative estimate of drug-likeness (QED) is 0.155. The zero-order valence-corrected chi connectivity index (χ0v) is 42.5. The fourth-order valence-corrected chi connectivity index (χ4v) is 13.2. The van der Waals surface area contributed by atoms with E-state index in [-0.39, 0.29) is 10.8 Å². The molecule has 2 aliphatic rings. The number of nitrogens with zero attached hydrogens (tertiary/aromatic N) is 3. The van der Waals surface area contributed by atoms with Gasteiger partial charge in [-0.05, 0) is 146 Å². The van der Waals surface area contributed by atoms with Crippen molar-refractivity contribution in [3.05, 3.63) is 271 Å². The Morgan fingerprint density at radius 3 is 1.28 bits per heavy atom. The Morgan fingerprint density at radius 2 is 0.720 bits per heavy atom. The molecule has 3 nitrogen and oxygen atoms in total. The first-order valence-corrected chi connectivity index (χ1v) is 26.3. The third kappa shape index (κ3) is 6.41. The summed E-state index contributed by atoms with van der Waals surface area (Å²) in [7, 11) is 0. The third-order valence-corrected chi connectivity index (χ3v) is 16.9. The van der Waals surface area contributed by atoms with Crippen LogP contribution < -0.4 is 4.90 Å². The first-order chi connectivity index (χ1) is 36.7. The smallest absolute Gasteiger partial charge is 0.0541 e. The predicted octanol–water partition coefficient (Wildman–Crippen LogP) is 19.3. The standard InChI is InChI=1S/C72H53N3/c1-71(2)62-29-19-28-54(48-22-9-6-10-23-48)70(62)61-45-64-60(44-65(61)71)55-39-38-50(43-63(55)72(64,3)4)73(49-36-34-47(35-37-49)46-20-7-5-8-21-46)51-40-52(74-66-30-15-11-24-56(66)57-25-12-16-31-67(57)74)42-53(41-51)75-68-32-17-13-26-58(68)59-27-14-18-33-69(59)75/h5-45H,1-4H3. The highest BCUT2D eigenvalue weighted by atomic mass is 15.2. The van der Waals surface area contributed by atoms with Crippen LogP contribution in [0.15, 0.2) is 249 Å². The van der Waals surface area contributed by atoms with Crippen LogP contribution in [0.5, 0.6) is 0 Å². The number of para-hydroxylation sites is 4. The number of benzene rings is 11. The average Bonchev–Trinajstić information content (AvgIpc) is 4.18. The summed E-state index contributed by atoms with van der Waals surface area (Å²) in [4.78, 5) is 2.49. The second-order valence-electron chi connectivity index (χ2n) is 21.7. The summed E-state index contributed by atoms with van der Waals surface area (Å²) in [5.74, 6) is 0. The highest BCUT2D eigenvalue weighted by Gasteiger charge is 2.43. The lowest BCUT2D eigenvalue weighted by Crippen LogP contribution is -2.17. The fraction of sp³-hybridized carbons (Fsp3) is 0.0833. The fourth-order valence-electron chi connectivity index (χ4n) is 13.2. The SMILES string of the molecule is CC1(C)c2cc(N(c3ccc(-c4ccccc4)cc3)c3cc(-n4c5ccccc5c5ccccc54)cc(-n4c5ccccc5c5ccccc54)c3)ccc2-c2cc3c(cc21)-c1c(-c2ccccc2)cccc1C3(C)C. The lowest BCUT2D eigenvalue weighted by atomic mass is 9.79. The molecule has 0 spiro atoms. The first kappa shape index (κ1) is 43.4. The van der Waals surface area contributed by atoms with Crippen molar-refractivity contribution in [2.75, 3.05) is 4.90 Å². The van der Waals surface area contributed by atoms with Gasteiger partial charge in [0.25, 0.3) is 0 Å². The predicted molar refractivity (Wildman–Crippen MR) is 316 cm³/mol. The number of aromatic nitrogens is 2. The van der Waals surface area contributed by atoms with E-state index in [4.69, 9.17) is 0 Å². The van der Waals surface area contributed by atoms with E-state index in [2.05, 4.69) is 290 Å². The van der Waals surface area contributed by atoms with E-state index in [1.165, 1.54) is 110 Å². The molecule has 0 unspecified atom stereocenters. The normalized spacial score (nSPS) is 13.8. The van der Waals surface area contributed by atoms with Crippen LogP contribution in [0.2, 0.25) is 0 Å². The zero-order chi connectivity index (χ0) is 50.2. The van der Waals surface area contributed by atoms with Gasteiger partial charge in [-0.3, -0.25) is 0 Å². The molecule has 2 aromatic heterocycles. The Labute approximate surface area is 437 Å². The Kier molecular flexibility index (Phi) is 9.35. The molecule has 13 aromatic rings. The van der Waals surface area contributed by atoms with Gasteiger partial charge in [-0.15, -0.1) is 0 Å². The summed E-state index contributed by atoms with van der Waals surface area (Å²) in [6, 6.07) is 92.6. The molecule has 0 N–H and O–H groups in total. The van der Waals surface area contributed by atoms with Crippen molar-refractivity contribution in [1.29, 1.82) is 0 Å². The van der Waals surface area contributed by atoms with E-state index in [0.29, 0.717) is 0 Å². The van der Waals surface area contributed by atoms with E-state index in [1.54, 1.807) is 0 Å². The summed E-state index contributed by atoms with van der Waals surface area (Å²) in [5.41, 5.74) is 25.5. The second-order valence-corrected chi connectivity index (χ2v) is 21.7. The molecule has 2 heterocycles. The van der Waals surface area contributed by atoms with Crippen molar-refractivity contribution < 1.29 is 0 Å². The van der Waals surface area contributed by atoms with Gasteiger partial charge in [0.15, 0.2) is 0 Å². The molecule has 0 radical (unpaired) electrons. The van der Waals surface area contributed by atoms with Gasteiger partial charge in [-0.25, -0.2) is 0 Å². The summed E-state index contributed by atoms with van der Waals surface area (Å²) in [5, 5.41) is 4.94. The summed E-state index contributed by atoms with van der Waals surface area (Å²) < 4.78 is 4.93. The van der Waals surface area contributed by atoms with Crippen LogP contribution in [0.25, 0.3) is 99.5 Å². The Balaban J connectivity index is 0.967. The molecule has 0 amide bonds. The number of hydrogen-bond acceptors (Lipinski definition) is 1.